The molecule has 0 aliphatic carbocycles. The van der Waals surface area contributed by atoms with Crippen LogP contribution in [0.25, 0.3) is 0 Å². The Labute approximate surface area is 142 Å². The number of aryl methyl sites for hydroxylation is 1. The van der Waals surface area contributed by atoms with Crippen molar-refractivity contribution < 1.29 is 19.0 Å². The quantitative estimate of drug-likeness (QED) is 0.719. The number of ether oxygens (including phenoxy) is 3. The Morgan fingerprint density at radius 1 is 0.958 bits per heavy atom. The Balaban J connectivity index is 1.65. The van der Waals surface area contributed by atoms with Crippen molar-refractivity contribution in [2.45, 2.75) is 12.8 Å². The van der Waals surface area contributed by atoms with Crippen LogP contribution in [0.1, 0.15) is 12.0 Å². The summed E-state index contributed by atoms with van der Waals surface area (Å²) in [6.45, 7) is 0.601. The summed E-state index contributed by atoms with van der Waals surface area (Å²) in [5.74, 6) is 2.03. The molecule has 0 heterocycles. The number of amides is 1. The van der Waals surface area contributed by atoms with Crippen molar-refractivity contribution in [2.24, 2.45) is 0 Å². The van der Waals surface area contributed by atoms with E-state index in [0.717, 1.165) is 18.6 Å². The zero-order chi connectivity index (χ0) is 17.2. The second kappa shape index (κ2) is 9.45. The molecular weight excluding hydrogens is 306 g/mol. The highest BCUT2D eigenvalue weighted by Gasteiger charge is 2.03. The van der Waals surface area contributed by atoms with Gasteiger partial charge in [-0.15, -0.1) is 0 Å². The van der Waals surface area contributed by atoms with Crippen LogP contribution < -0.4 is 19.5 Å². The van der Waals surface area contributed by atoms with E-state index in [1.54, 1.807) is 26.4 Å². The second-order valence-electron chi connectivity index (χ2n) is 5.27. The van der Waals surface area contributed by atoms with Crippen LogP contribution in [-0.4, -0.2) is 33.3 Å². The van der Waals surface area contributed by atoms with Crippen LogP contribution in [-0.2, 0) is 11.2 Å². The number of carbonyl (C=O) groups is 1. The van der Waals surface area contributed by atoms with Crippen molar-refractivity contribution in [1.82, 2.24) is 5.32 Å². The molecule has 1 N–H and O–H groups in total. The molecule has 0 aliphatic rings. The highest BCUT2D eigenvalue weighted by Crippen LogP contribution is 2.18. The van der Waals surface area contributed by atoms with Gasteiger partial charge in [0.25, 0.3) is 5.91 Å². The third-order valence-electron chi connectivity index (χ3n) is 3.51. The van der Waals surface area contributed by atoms with Gasteiger partial charge in [-0.3, -0.25) is 4.79 Å². The molecule has 5 nitrogen and oxygen atoms in total. The lowest BCUT2D eigenvalue weighted by atomic mass is 10.1. The van der Waals surface area contributed by atoms with E-state index >= 15 is 0 Å². The minimum atomic E-state index is -0.136. The van der Waals surface area contributed by atoms with E-state index in [2.05, 4.69) is 11.4 Å². The van der Waals surface area contributed by atoms with Crippen LogP contribution in [0.4, 0.5) is 0 Å². The van der Waals surface area contributed by atoms with Gasteiger partial charge >= 0.3 is 0 Å². The number of hydrogen-bond donors (Lipinski definition) is 1. The Kier molecular flexibility index (Phi) is 6.95. The molecule has 128 valence electrons. The maximum atomic E-state index is 11.8. The summed E-state index contributed by atoms with van der Waals surface area (Å²) >= 11 is 0. The first kappa shape index (κ1) is 17.7. The van der Waals surface area contributed by atoms with Crippen LogP contribution in [0.15, 0.2) is 48.5 Å². The molecule has 1 amide bonds. The number of rotatable bonds is 9. The zero-order valence-corrected chi connectivity index (χ0v) is 14.1. The molecule has 0 spiro atoms. The minimum absolute atomic E-state index is 0.00761. The molecular formula is C19H23NO4. The van der Waals surface area contributed by atoms with E-state index in [9.17, 15) is 4.79 Å². The molecule has 2 rings (SSSR count). The summed E-state index contributed by atoms with van der Waals surface area (Å²) in [6.07, 6.45) is 1.74. The number of benzene rings is 2. The first-order valence-corrected chi connectivity index (χ1v) is 7.88. The predicted octanol–water partition coefficient (Wildman–Crippen LogP) is 2.83. The largest absolute Gasteiger partial charge is 0.497 e. The SMILES string of the molecule is COc1cccc(CCCNC(=O)COc2cccc(OC)c2)c1. The molecule has 0 fully saturated rings. The van der Waals surface area contributed by atoms with Gasteiger partial charge in [-0.05, 0) is 42.7 Å². The zero-order valence-electron chi connectivity index (χ0n) is 14.1. The Bertz CT molecular complexity index is 657. The summed E-state index contributed by atoms with van der Waals surface area (Å²) in [4.78, 5) is 11.8. The van der Waals surface area contributed by atoms with E-state index in [1.165, 1.54) is 5.56 Å². The summed E-state index contributed by atoms with van der Waals surface area (Å²) < 4.78 is 15.8. The number of nitrogens with one attached hydrogen (secondary N) is 1. The van der Waals surface area contributed by atoms with E-state index < -0.39 is 0 Å². The molecule has 0 bridgehead atoms. The Morgan fingerprint density at radius 2 is 1.62 bits per heavy atom. The third kappa shape index (κ3) is 5.83. The number of hydrogen-bond acceptors (Lipinski definition) is 4. The van der Waals surface area contributed by atoms with Gasteiger partial charge in [-0.25, -0.2) is 0 Å². The topological polar surface area (TPSA) is 56.8 Å². The molecule has 2 aromatic carbocycles. The van der Waals surface area contributed by atoms with Crippen LogP contribution in [0.3, 0.4) is 0 Å². The van der Waals surface area contributed by atoms with E-state index in [4.69, 9.17) is 14.2 Å². The molecule has 0 atom stereocenters. The molecule has 0 aliphatic heterocycles. The van der Waals surface area contributed by atoms with Gasteiger partial charge in [0.1, 0.15) is 17.2 Å². The highest BCUT2D eigenvalue weighted by molar-refractivity contribution is 5.77. The van der Waals surface area contributed by atoms with Crippen molar-refractivity contribution in [1.29, 1.82) is 0 Å². The normalized spacial score (nSPS) is 10.1. The lowest BCUT2D eigenvalue weighted by Gasteiger charge is -2.09. The first-order valence-electron chi connectivity index (χ1n) is 7.88. The molecule has 0 saturated heterocycles. The predicted molar refractivity (Wildman–Crippen MR) is 92.8 cm³/mol. The van der Waals surface area contributed by atoms with E-state index in [-0.39, 0.29) is 12.5 Å². The fourth-order valence-electron chi connectivity index (χ4n) is 2.24. The second-order valence-corrected chi connectivity index (χ2v) is 5.27. The molecule has 0 radical (unpaired) electrons. The van der Waals surface area contributed by atoms with Crippen molar-refractivity contribution in [3.63, 3.8) is 0 Å². The van der Waals surface area contributed by atoms with Crippen molar-refractivity contribution in [3.8, 4) is 17.2 Å². The summed E-state index contributed by atoms with van der Waals surface area (Å²) in [5, 5.41) is 2.85. The molecule has 5 heteroatoms. The van der Waals surface area contributed by atoms with Crippen molar-refractivity contribution >= 4 is 5.91 Å². The fourth-order valence-corrected chi connectivity index (χ4v) is 2.24. The minimum Gasteiger partial charge on any atom is -0.497 e. The average Bonchev–Trinajstić information content (AvgIpc) is 2.64. The smallest absolute Gasteiger partial charge is 0.257 e. The van der Waals surface area contributed by atoms with Crippen LogP contribution >= 0.6 is 0 Å². The Morgan fingerprint density at radius 3 is 2.38 bits per heavy atom. The monoisotopic (exact) mass is 329 g/mol. The first-order chi connectivity index (χ1) is 11.7. The van der Waals surface area contributed by atoms with Crippen LogP contribution in [0.5, 0.6) is 17.2 Å². The molecule has 24 heavy (non-hydrogen) atoms. The fraction of sp³-hybridized carbons (Fsp3) is 0.316. The maximum Gasteiger partial charge on any atom is 0.257 e. The lowest BCUT2D eigenvalue weighted by Crippen LogP contribution is -2.29. The summed E-state index contributed by atoms with van der Waals surface area (Å²) in [7, 11) is 3.25. The molecule has 2 aromatic rings. The Hall–Kier alpha value is -2.69. The van der Waals surface area contributed by atoms with Gasteiger partial charge in [-0.1, -0.05) is 18.2 Å². The van der Waals surface area contributed by atoms with Gasteiger partial charge in [0.2, 0.25) is 0 Å². The van der Waals surface area contributed by atoms with Gasteiger partial charge in [0.05, 0.1) is 14.2 Å². The van der Waals surface area contributed by atoms with Crippen molar-refractivity contribution in [2.75, 3.05) is 27.4 Å². The lowest BCUT2D eigenvalue weighted by molar-refractivity contribution is -0.123. The van der Waals surface area contributed by atoms with Gasteiger partial charge in [0.15, 0.2) is 6.61 Å². The highest BCUT2D eigenvalue weighted by atomic mass is 16.5. The van der Waals surface area contributed by atoms with Crippen molar-refractivity contribution in [3.05, 3.63) is 54.1 Å². The van der Waals surface area contributed by atoms with Gasteiger partial charge < -0.3 is 19.5 Å². The van der Waals surface area contributed by atoms with Gasteiger partial charge in [0, 0.05) is 12.6 Å². The maximum absolute atomic E-state index is 11.8. The standard InChI is InChI=1S/C19H23NO4/c1-22-16-8-3-6-15(12-16)7-5-11-20-19(21)14-24-18-10-4-9-17(13-18)23-2/h3-4,6,8-10,12-13H,5,7,11,14H2,1-2H3,(H,20,21). The van der Waals surface area contributed by atoms with Crippen LogP contribution in [0.2, 0.25) is 0 Å². The average molecular weight is 329 g/mol. The summed E-state index contributed by atoms with van der Waals surface area (Å²) in [6, 6.07) is 15.1. The molecule has 0 unspecified atom stereocenters. The van der Waals surface area contributed by atoms with E-state index in [0.29, 0.717) is 18.0 Å². The summed E-state index contributed by atoms with van der Waals surface area (Å²) in [5.41, 5.74) is 1.19. The van der Waals surface area contributed by atoms with E-state index in [1.807, 2.05) is 30.3 Å². The van der Waals surface area contributed by atoms with Crippen LogP contribution in [0, 0.1) is 0 Å². The number of methoxy groups -OCH3 is 2. The number of carbonyl (C=O) groups excluding carboxylic acids is 1. The van der Waals surface area contributed by atoms with Gasteiger partial charge in [-0.2, -0.15) is 0 Å². The molecule has 0 aromatic heterocycles. The third-order valence-corrected chi connectivity index (χ3v) is 3.51. The molecule has 0 saturated carbocycles.